The molecule has 0 unspecified atom stereocenters. The second kappa shape index (κ2) is 10.1. The first-order chi connectivity index (χ1) is 16.0. The first-order valence-corrected chi connectivity index (χ1v) is 11.6. The smallest absolute Gasteiger partial charge is 0.313 e. The van der Waals surface area contributed by atoms with Crippen LogP contribution in [-0.4, -0.2) is 39.2 Å². The van der Waals surface area contributed by atoms with E-state index in [1.807, 2.05) is 82.3 Å². The number of anilines is 2. The van der Waals surface area contributed by atoms with Crippen LogP contribution in [0, 0.1) is 13.8 Å². The van der Waals surface area contributed by atoms with E-state index in [-0.39, 0.29) is 29.9 Å². The number of benzene rings is 2. The van der Waals surface area contributed by atoms with E-state index in [9.17, 15) is 9.59 Å². The van der Waals surface area contributed by atoms with Gasteiger partial charge in [-0.15, -0.1) is 0 Å². The Morgan fingerprint density at radius 2 is 1.68 bits per heavy atom. The van der Waals surface area contributed by atoms with Gasteiger partial charge in [0.15, 0.2) is 0 Å². The Hall–Kier alpha value is -3.61. The molecule has 0 bridgehead atoms. The van der Waals surface area contributed by atoms with Crippen molar-refractivity contribution in [2.45, 2.75) is 59.9 Å². The predicted molar refractivity (Wildman–Crippen MR) is 138 cm³/mol. The van der Waals surface area contributed by atoms with Crippen LogP contribution >= 0.6 is 0 Å². The second-order valence-electron chi connectivity index (χ2n) is 9.93. The maximum absolute atomic E-state index is 13.1. The molecule has 0 aliphatic carbocycles. The molecule has 0 saturated heterocycles. The van der Waals surface area contributed by atoms with Crippen LogP contribution in [-0.2, 0) is 10.2 Å². The zero-order chi connectivity index (χ0) is 25.0. The van der Waals surface area contributed by atoms with Gasteiger partial charge in [-0.2, -0.15) is 5.10 Å². The van der Waals surface area contributed by atoms with Crippen molar-refractivity contribution in [3.05, 3.63) is 71.4 Å². The van der Waals surface area contributed by atoms with E-state index >= 15 is 0 Å². The number of para-hydroxylation sites is 1. The van der Waals surface area contributed by atoms with Crippen LogP contribution in [0.25, 0.3) is 5.69 Å². The van der Waals surface area contributed by atoms with E-state index in [2.05, 4.69) is 31.4 Å². The standard InChI is InChI=1S/C27H35N5O2/c1-18(2)31(26(34)28-22-14-13-19(3)15-20(22)4)17-25(33)29-24-16-23(27(5,6)7)30-32(24)21-11-9-8-10-12-21/h8-16,18H,17H2,1-7H3,(H,28,34)(H,29,33). The Bertz CT molecular complexity index is 1160. The van der Waals surface area contributed by atoms with E-state index in [1.165, 1.54) is 4.90 Å². The van der Waals surface area contributed by atoms with Crippen molar-refractivity contribution in [2.24, 2.45) is 0 Å². The third kappa shape index (κ3) is 6.04. The number of amides is 3. The highest BCUT2D eigenvalue weighted by molar-refractivity contribution is 5.97. The van der Waals surface area contributed by atoms with Gasteiger partial charge in [0.05, 0.1) is 11.4 Å². The number of aryl methyl sites for hydroxylation is 2. The van der Waals surface area contributed by atoms with Gasteiger partial charge in [0.25, 0.3) is 0 Å². The van der Waals surface area contributed by atoms with Gasteiger partial charge in [0, 0.05) is 23.2 Å². The molecule has 2 aromatic carbocycles. The third-order valence-electron chi connectivity index (χ3n) is 5.57. The molecule has 7 nitrogen and oxygen atoms in total. The minimum absolute atomic E-state index is 0.0841. The van der Waals surface area contributed by atoms with Crippen LogP contribution < -0.4 is 10.6 Å². The minimum atomic E-state index is -0.316. The van der Waals surface area contributed by atoms with E-state index in [0.29, 0.717) is 5.82 Å². The SMILES string of the molecule is Cc1ccc(NC(=O)N(CC(=O)Nc2cc(C(C)(C)C)nn2-c2ccccc2)C(C)C)c(C)c1. The first kappa shape index (κ1) is 25.0. The van der Waals surface area contributed by atoms with Gasteiger partial charge in [-0.25, -0.2) is 9.48 Å². The zero-order valence-electron chi connectivity index (χ0n) is 21.1. The molecule has 0 aliphatic rings. The predicted octanol–water partition coefficient (Wildman–Crippen LogP) is 5.67. The number of nitrogens with zero attached hydrogens (tertiary/aromatic N) is 3. The molecule has 0 radical (unpaired) electrons. The topological polar surface area (TPSA) is 79.3 Å². The summed E-state index contributed by atoms with van der Waals surface area (Å²) in [6.45, 7) is 13.9. The van der Waals surface area contributed by atoms with Gasteiger partial charge < -0.3 is 15.5 Å². The molecule has 7 heteroatoms. The summed E-state index contributed by atoms with van der Waals surface area (Å²) in [6.07, 6.45) is 0. The third-order valence-corrected chi connectivity index (χ3v) is 5.57. The van der Waals surface area contributed by atoms with Gasteiger partial charge in [-0.1, -0.05) is 56.7 Å². The molecule has 0 fully saturated rings. The lowest BCUT2D eigenvalue weighted by Crippen LogP contribution is -2.44. The maximum Gasteiger partial charge on any atom is 0.322 e. The van der Waals surface area contributed by atoms with Crippen molar-refractivity contribution in [1.82, 2.24) is 14.7 Å². The van der Waals surface area contributed by atoms with Crippen molar-refractivity contribution in [1.29, 1.82) is 0 Å². The van der Waals surface area contributed by atoms with E-state index < -0.39 is 0 Å². The highest BCUT2D eigenvalue weighted by atomic mass is 16.2. The van der Waals surface area contributed by atoms with Gasteiger partial charge in [0.1, 0.15) is 12.4 Å². The molecule has 0 aliphatic heterocycles. The minimum Gasteiger partial charge on any atom is -0.313 e. The van der Waals surface area contributed by atoms with Crippen LogP contribution in [0.3, 0.4) is 0 Å². The summed E-state index contributed by atoms with van der Waals surface area (Å²) in [6, 6.07) is 16.9. The summed E-state index contributed by atoms with van der Waals surface area (Å²) in [5, 5.41) is 10.6. The van der Waals surface area contributed by atoms with Crippen molar-refractivity contribution in [3.8, 4) is 5.69 Å². The van der Waals surface area contributed by atoms with Gasteiger partial charge in [-0.3, -0.25) is 4.79 Å². The van der Waals surface area contributed by atoms with Gasteiger partial charge >= 0.3 is 6.03 Å². The zero-order valence-corrected chi connectivity index (χ0v) is 21.1. The molecule has 3 amide bonds. The van der Waals surface area contributed by atoms with Crippen LogP contribution in [0.5, 0.6) is 0 Å². The Morgan fingerprint density at radius 1 is 1.00 bits per heavy atom. The molecule has 3 aromatic rings. The Morgan fingerprint density at radius 3 is 2.26 bits per heavy atom. The first-order valence-electron chi connectivity index (χ1n) is 11.6. The molecular formula is C27H35N5O2. The number of rotatable bonds is 6. The van der Waals surface area contributed by atoms with Crippen LogP contribution in [0.15, 0.2) is 54.6 Å². The summed E-state index contributed by atoms with van der Waals surface area (Å²) in [5.74, 6) is 0.279. The van der Waals surface area contributed by atoms with Crippen molar-refractivity contribution < 1.29 is 9.59 Å². The van der Waals surface area contributed by atoms with E-state index in [0.717, 1.165) is 28.2 Å². The average Bonchev–Trinajstić information content (AvgIpc) is 3.18. The van der Waals surface area contributed by atoms with Gasteiger partial charge in [-0.05, 0) is 51.5 Å². The molecular weight excluding hydrogens is 426 g/mol. The van der Waals surface area contributed by atoms with Crippen molar-refractivity contribution in [3.63, 3.8) is 0 Å². The molecule has 1 heterocycles. The lowest BCUT2D eigenvalue weighted by atomic mass is 9.92. The van der Waals surface area contributed by atoms with Crippen LogP contribution in [0.4, 0.5) is 16.3 Å². The Labute approximate surface area is 202 Å². The lowest BCUT2D eigenvalue weighted by Gasteiger charge is -2.26. The molecule has 0 saturated carbocycles. The fourth-order valence-corrected chi connectivity index (χ4v) is 3.57. The largest absolute Gasteiger partial charge is 0.322 e. The Kier molecular flexibility index (Phi) is 7.44. The second-order valence-corrected chi connectivity index (χ2v) is 9.93. The number of urea groups is 1. The highest BCUT2D eigenvalue weighted by Gasteiger charge is 2.24. The number of nitrogens with one attached hydrogen (secondary N) is 2. The molecule has 0 atom stereocenters. The monoisotopic (exact) mass is 461 g/mol. The molecule has 3 rings (SSSR count). The normalized spacial score (nSPS) is 11.4. The summed E-state index contributed by atoms with van der Waals surface area (Å²) in [5.41, 5.74) is 4.36. The maximum atomic E-state index is 13.1. The average molecular weight is 462 g/mol. The van der Waals surface area contributed by atoms with Crippen LogP contribution in [0.2, 0.25) is 0 Å². The molecule has 34 heavy (non-hydrogen) atoms. The highest BCUT2D eigenvalue weighted by Crippen LogP contribution is 2.26. The quantitative estimate of drug-likeness (QED) is 0.497. The van der Waals surface area contributed by atoms with E-state index in [4.69, 9.17) is 5.10 Å². The summed E-state index contributed by atoms with van der Waals surface area (Å²) in [4.78, 5) is 27.6. The molecule has 1 aromatic heterocycles. The molecule has 180 valence electrons. The number of carbonyl (C=O) groups excluding carboxylic acids is 2. The van der Waals surface area contributed by atoms with E-state index in [1.54, 1.807) is 4.68 Å². The number of hydrogen-bond donors (Lipinski definition) is 2. The molecule has 0 spiro atoms. The van der Waals surface area contributed by atoms with Crippen LogP contribution in [0.1, 0.15) is 51.4 Å². The summed E-state index contributed by atoms with van der Waals surface area (Å²) in [7, 11) is 0. The Balaban J connectivity index is 1.80. The lowest BCUT2D eigenvalue weighted by molar-refractivity contribution is -0.117. The summed E-state index contributed by atoms with van der Waals surface area (Å²) >= 11 is 0. The number of aromatic nitrogens is 2. The van der Waals surface area contributed by atoms with Gasteiger partial charge in [0.2, 0.25) is 5.91 Å². The number of carbonyl (C=O) groups is 2. The van der Waals surface area contributed by atoms with Crippen molar-refractivity contribution >= 4 is 23.4 Å². The summed E-state index contributed by atoms with van der Waals surface area (Å²) < 4.78 is 1.73. The molecule has 2 N–H and O–H groups in total. The fraction of sp³-hybridized carbons (Fsp3) is 0.370. The van der Waals surface area contributed by atoms with Crippen molar-refractivity contribution in [2.75, 3.05) is 17.2 Å². The number of hydrogen-bond acceptors (Lipinski definition) is 3. The fourth-order valence-electron chi connectivity index (χ4n) is 3.57.